The van der Waals surface area contributed by atoms with Crippen LogP contribution in [-0.2, 0) is 14.3 Å². The second kappa shape index (κ2) is 10.5. The molecule has 0 amide bonds. The highest BCUT2D eigenvalue weighted by atomic mass is 16.5. The molecule has 6 aliphatic rings. The predicted octanol–water partition coefficient (Wildman–Crippen LogP) is 6.20. The maximum atomic E-state index is 13.4. The number of hydrogen-bond donors (Lipinski definition) is 2. The van der Waals surface area contributed by atoms with Crippen LogP contribution < -0.4 is 5.32 Å². The van der Waals surface area contributed by atoms with E-state index in [9.17, 15) is 14.7 Å². The molecule has 5 heterocycles. The number of methoxy groups -OCH3 is 1. The van der Waals surface area contributed by atoms with E-state index in [1.165, 1.54) is 7.11 Å². The summed E-state index contributed by atoms with van der Waals surface area (Å²) in [4.78, 5) is 40.3. The second-order valence-corrected chi connectivity index (χ2v) is 11.6. The molecular weight excluding hydrogens is 528 g/mol. The fourth-order valence-electron chi connectivity index (χ4n) is 6.84. The lowest BCUT2D eigenvalue weighted by Crippen LogP contribution is -2.14. The molecule has 1 saturated heterocycles. The summed E-state index contributed by atoms with van der Waals surface area (Å²) in [6.45, 7) is 10.3. The third kappa shape index (κ3) is 4.32. The maximum absolute atomic E-state index is 13.4. The number of aliphatic hydroxyl groups excluding tert-OH is 1. The Balaban J connectivity index is 1.57. The minimum atomic E-state index is -0.227. The number of ketones is 1. The smallest absolute Gasteiger partial charge is 0.305 e. The van der Waals surface area contributed by atoms with Crippen molar-refractivity contribution in [1.29, 1.82) is 0 Å². The number of nitrogens with one attached hydrogen (secondary N) is 1. The predicted molar refractivity (Wildman–Crippen MR) is 164 cm³/mol. The molecule has 1 saturated carbocycles. The van der Waals surface area contributed by atoms with Crippen molar-refractivity contribution >= 4 is 28.9 Å². The van der Waals surface area contributed by atoms with Crippen molar-refractivity contribution in [3.05, 3.63) is 92.0 Å². The number of esters is 1. The first kappa shape index (κ1) is 27.8. The van der Waals surface area contributed by atoms with Gasteiger partial charge in [-0.05, 0) is 80.6 Å². The Hall–Kier alpha value is -4.33. The van der Waals surface area contributed by atoms with Gasteiger partial charge in [-0.2, -0.15) is 0 Å². The van der Waals surface area contributed by atoms with Crippen LogP contribution in [0.5, 0.6) is 0 Å². The highest BCUT2D eigenvalue weighted by Gasteiger charge is 2.42. The van der Waals surface area contributed by atoms with Crippen molar-refractivity contribution < 1.29 is 19.4 Å². The van der Waals surface area contributed by atoms with Crippen molar-refractivity contribution in [2.24, 2.45) is 26.8 Å². The van der Waals surface area contributed by atoms with E-state index >= 15 is 0 Å². The molecule has 0 aromatic rings. The minimum Gasteiger partial charge on any atom is -0.515 e. The molecule has 8 heteroatoms. The van der Waals surface area contributed by atoms with Crippen LogP contribution in [0.4, 0.5) is 0 Å². The standard InChI is InChI=1S/C34H36N4O4/c1-7-20-16(2)25-13-29-23(15-39)18(4)24(36-29)12-26-17(3)21(9-8-10-31(41)42-6)33(37-26)22-11-30(40)32-19(5)27(38-34(22)32)14-28(20)35-25/h12-15,17,21,37,39H,7-11H2,1-6H3/t17-,21-/m0/s1. The third-order valence-corrected chi connectivity index (χ3v) is 9.34. The zero-order chi connectivity index (χ0) is 29.9. The van der Waals surface area contributed by atoms with Crippen LogP contribution in [0, 0.1) is 11.8 Å². The van der Waals surface area contributed by atoms with E-state index in [-0.39, 0.29) is 23.6 Å². The lowest BCUT2D eigenvalue weighted by Gasteiger charge is -2.17. The van der Waals surface area contributed by atoms with E-state index in [2.05, 4.69) is 26.1 Å². The Morgan fingerprint density at radius 2 is 1.81 bits per heavy atom. The van der Waals surface area contributed by atoms with Gasteiger partial charge in [-0.15, -0.1) is 0 Å². The summed E-state index contributed by atoms with van der Waals surface area (Å²) >= 11 is 0. The molecule has 1 aliphatic carbocycles. The first-order valence-electron chi connectivity index (χ1n) is 14.7. The minimum absolute atomic E-state index is 0.0631. The van der Waals surface area contributed by atoms with Gasteiger partial charge < -0.3 is 15.2 Å². The van der Waals surface area contributed by atoms with Crippen molar-refractivity contribution in [3.63, 3.8) is 0 Å². The summed E-state index contributed by atoms with van der Waals surface area (Å²) in [6, 6.07) is 0. The zero-order valence-corrected chi connectivity index (χ0v) is 25.0. The van der Waals surface area contributed by atoms with Crippen LogP contribution in [0.25, 0.3) is 0 Å². The Labute approximate surface area is 246 Å². The number of aliphatic imine (C=N–C) groups is 3. The highest BCUT2D eigenvalue weighted by molar-refractivity contribution is 6.38. The number of aliphatic hydroxyl groups is 1. The number of ether oxygens (including phenoxy) is 1. The third-order valence-electron chi connectivity index (χ3n) is 9.34. The molecule has 0 unspecified atom stereocenters. The van der Waals surface area contributed by atoms with E-state index in [4.69, 9.17) is 19.7 Å². The number of rotatable bonds is 5. The van der Waals surface area contributed by atoms with Crippen LogP contribution in [0.1, 0.15) is 66.7 Å². The van der Waals surface area contributed by atoms with Gasteiger partial charge in [0, 0.05) is 52.8 Å². The number of nitrogens with zero attached hydrogens (tertiary/aromatic N) is 3. The number of carbonyl (C=O) groups is 2. The van der Waals surface area contributed by atoms with Crippen LogP contribution in [0.2, 0.25) is 0 Å². The summed E-state index contributed by atoms with van der Waals surface area (Å²) in [5.74, 6) is -0.000328. The Morgan fingerprint density at radius 1 is 1.07 bits per heavy atom. The van der Waals surface area contributed by atoms with E-state index in [1.54, 1.807) is 0 Å². The van der Waals surface area contributed by atoms with E-state index in [1.807, 2.05) is 32.1 Å². The molecule has 0 aromatic heterocycles. The van der Waals surface area contributed by atoms with Crippen molar-refractivity contribution in [1.82, 2.24) is 5.32 Å². The Morgan fingerprint density at radius 3 is 2.52 bits per heavy atom. The summed E-state index contributed by atoms with van der Waals surface area (Å²) in [5, 5.41) is 13.9. The second-order valence-electron chi connectivity index (χ2n) is 11.6. The van der Waals surface area contributed by atoms with Gasteiger partial charge in [0.15, 0.2) is 5.78 Å². The van der Waals surface area contributed by atoms with Crippen LogP contribution in [-0.4, -0.2) is 41.1 Å². The van der Waals surface area contributed by atoms with Gasteiger partial charge >= 0.3 is 5.97 Å². The van der Waals surface area contributed by atoms with Crippen LogP contribution in [0.15, 0.2) is 107 Å². The van der Waals surface area contributed by atoms with Gasteiger partial charge in [0.25, 0.3) is 0 Å². The van der Waals surface area contributed by atoms with Gasteiger partial charge in [0.2, 0.25) is 0 Å². The largest absolute Gasteiger partial charge is 0.515 e. The molecule has 0 radical (unpaired) electrons. The van der Waals surface area contributed by atoms with Crippen molar-refractivity contribution in [2.75, 3.05) is 7.11 Å². The lowest BCUT2D eigenvalue weighted by molar-refractivity contribution is -0.140. The summed E-state index contributed by atoms with van der Waals surface area (Å²) in [6.07, 6.45) is 9.95. The highest BCUT2D eigenvalue weighted by Crippen LogP contribution is 2.45. The first-order valence-corrected chi connectivity index (χ1v) is 14.7. The number of hydrogen-bond acceptors (Lipinski definition) is 8. The number of Topliss-reactive ketones (excluding diaryl/α,β-unsaturated/α-hetero) is 1. The lowest BCUT2D eigenvalue weighted by atomic mass is 9.86. The fourth-order valence-corrected chi connectivity index (χ4v) is 6.84. The monoisotopic (exact) mass is 564 g/mol. The molecule has 2 atom stereocenters. The SMILES string of the molecule is CCC1=C(C)C2=CC3=NC(=C(C)C3=CO)C=C3NC(=C4CC(=O)C5=C(C)C(=CC1=N2)N=C45)[C@@H](CCCC(=O)OC)[C@@H]3C. The average Bonchev–Trinajstić information content (AvgIpc) is 3.71. The van der Waals surface area contributed by atoms with Crippen molar-refractivity contribution in [3.8, 4) is 0 Å². The molecule has 216 valence electrons. The Bertz CT molecular complexity index is 1700. The maximum Gasteiger partial charge on any atom is 0.305 e. The topological polar surface area (TPSA) is 113 Å². The molecule has 2 fully saturated rings. The summed E-state index contributed by atoms with van der Waals surface area (Å²) in [5.41, 5.74) is 12.8. The van der Waals surface area contributed by atoms with Crippen molar-refractivity contribution in [2.45, 2.75) is 66.7 Å². The van der Waals surface area contributed by atoms with Gasteiger partial charge in [-0.25, -0.2) is 15.0 Å². The van der Waals surface area contributed by atoms with Crippen LogP contribution >= 0.6 is 0 Å². The van der Waals surface area contributed by atoms with E-state index < -0.39 is 0 Å². The fraction of sp³-hybridized carbons (Fsp3) is 0.382. The molecule has 0 spiro atoms. The van der Waals surface area contributed by atoms with Crippen LogP contribution in [0.3, 0.4) is 0 Å². The molecule has 2 N–H and O–H groups in total. The molecular formula is C34H36N4O4. The quantitative estimate of drug-likeness (QED) is 0.305. The molecule has 0 aromatic carbocycles. The summed E-state index contributed by atoms with van der Waals surface area (Å²) < 4.78 is 4.88. The van der Waals surface area contributed by atoms with Gasteiger partial charge in [-0.3, -0.25) is 9.59 Å². The molecule has 8 bridgehead atoms. The van der Waals surface area contributed by atoms with Gasteiger partial charge in [-0.1, -0.05) is 13.8 Å². The number of allylic oxidation sites excluding steroid dienone is 12. The number of carbonyl (C=O) groups excluding carboxylic acids is 2. The number of fused-ring (bicyclic) bond motifs is 5. The van der Waals surface area contributed by atoms with Gasteiger partial charge in [0.1, 0.15) is 0 Å². The molecule has 42 heavy (non-hydrogen) atoms. The summed E-state index contributed by atoms with van der Waals surface area (Å²) in [7, 11) is 1.41. The van der Waals surface area contributed by atoms with Gasteiger partial charge in [0.05, 0.1) is 47.6 Å². The van der Waals surface area contributed by atoms with E-state index in [0.717, 1.165) is 86.9 Å². The average molecular weight is 565 g/mol. The zero-order valence-electron chi connectivity index (χ0n) is 25.0. The Kier molecular flexibility index (Phi) is 6.95. The normalized spacial score (nSPS) is 25.7. The molecule has 6 rings (SSSR count). The first-order chi connectivity index (χ1) is 20.2. The molecule has 8 nitrogen and oxygen atoms in total. The van der Waals surface area contributed by atoms with E-state index in [0.29, 0.717) is 36.1 Å². The molecule has 5 aliphatic heterocycles.